The van der Waals surface area contributed by atoms with Crippen molar-refractivity contribution in [3.8, 4) is 0 Å². The maximum Gasteiger partial charge on any atom is 0.260 e. The number of hydrazone groups is 1. The molecule has 5 nitrogen and oxygen atoms in total. The predicted molar refractivity (Wildman–Crippen MR) is 96.0 cm³/mol. The molecule has 0 unspecified atom stereocenters. The Bertz CT molecular complexity index is 924. The highest BCUT2D eigenvalue weighted by Crippen LogP contribution is 2.12. The van der Waals surface area contributed by atoms with Crippen LogP contribution in [0.25, 0.3) is 11.0 Å². The Labute approximate surface area is 141 Å². The molecule has 0 radical (unpaired) electrons. The van der Waals surface area contributed by atoms with E-state index in [0.717, 1.165) is 27.9 Å². The molecule has 1 heterocycles. The molecule has 1 amide bonds. The molecule has 0 bridgehead atoms. The second-order valence-electron chi connectivity index (χ2n) is 5.91. The summed E-state index contributed by atoms with van der Waals surface area (Å²) in [6.45, 7) is 6.18. The van der Waals surface area contributed by atoms with Crippen molar-refractivity contribution in [1.29, 1.82) is 0 Å². The Morgan fingerprint density at radius 2 is 2.00 bits per heavy atom. The molecule has 0 atom stereocenters. The second-order valence-corrected chi connectivity index (χ2v) is 5.91. The van der Waals surface area contributed by atoms with E-state index < -0.39 is 0 Å². The molecular weight excluding hydrogens is 300 g/mol. The van der Waals surface area contributed by atoms with Crippen molar-refractivity contribution in [1.82, 2.24) is 15.0 Å². The summed E-state index contributed by atoms with van der Waals surface area (Å²) >= 11 is 0. The molecule has 5 heteroatoms. The van der Waals surface area contributed by atoms with Crippen LogP contribution in [-0.2, 0) is 11.3 Å². The van der Waals surface area contributed by atoms with Crippen LogP contribution in [0.15, 0.2) is 53.9 Å². The fourth-order valence-corrected chi connectivity index (χ4v) is 2.75. The summed E-state index contributed by atoms with van der Waals surface area (Å²) in [7, 11) is 0. The topological polar surface area (TPSA) is 59.3 Å². The van der Waals surface area contributed by atoms with Gasteiger partial charge in [0.2, 0.25) is 0 Å². The van der Waals surface area contributed by atoms with Crippen LogP contribution in [0.5, 0.6) is 0 Å². The van der Waals surface area contributed by atoms with E-state index >= 15 is 0 Å². The number of nitrogens with zero attached hydrogens (tertiary/aromatic N) is 3. The first kappa shape index (κ1) is 15.9. The van der Waals surface area contributed by atoms with Gasteiger partial charge in [-0.15, -0.1) is 0 Å². The van der Waals surface area contributed by atoms with Gasteiger partial charge >= 0.3 is 0 Å². The molecule has 2 aromatic carbocycles. The first-order valence-corrected chi connectivity index (χ1v) is 7.85. The first-order valence-electron chi connectivity index (χ1n) is 7.85. The summed E-state index contributed by atoms with van der Waals surface area (Å²) in [4.78, 5) is 16.4. The minimum Gasteiger partial charge on any atom is -0.321 e. The monoisotopic (exact) mass is 320 g/mol. The Balaban J connectivity index is 1.70. The number of carbonyl (C=O) groups is 1. The number of amides is 1. The molecule has 0 aliphatic carbocycles. The Hall–Kier alpha value is -2.95. The lowest BCUT2D eigenvalue weighted by Crippen LogP contribution is -2.24. The maximum absolute atomic E-state index is 12.2. The van der Waals surface area contributed by atoms with Crippen molar-refractivity contribution in [3.63, 3.8) is 0 Å². The third-order valence-electron chi connectivity index (χ3n) is 3.96. The molecule has 1 aromatic heterocycles. The van der Waals surface area contributed by atoms with Gasteiger partial charge < -0.3 is 4.57 Å². The highest BCUT2D eigenvalue weighted by Gasteiger charge is 2.07. The lowest BCUT2D eigenvalue weighted by atomic mass is 10.0. The zero-order valence-corrected chi connectivity index (χ0v) is 14.1. The van der Waals surface area contributed by atoms with Gasteiger partial charge in [-0.3, -0.25) is 4.79 Å². The molecule has 3 rings (SSSR count). The standard InChI is InChI=1S/C19H20N4O/c1-13-8-9-16(14(2)10-13)15(3)21-22-19(24)11-23-12-20-17-6-4-5-7-18(17)23/h4-10,12H,11H2,1-3H3,(H,22,24)/b21-15-. The van der Waals surface area contributed by atoms with Gasteiger partial charge in [0, 0.05) is 5.56 Å². The summed E-state index contributed by atoms with van der Waals surface area (Å²) in [5.41, 5.74) is 8.61. The van der Waals surface area contributed by atoms with Crippen molar-refractivity contribution in [2.24, 2.45) is 5.10 Å². The Morgan fingerprint density at radius 1 is 1.21 bits per heavy atom. The van der Waals surface area contributed by atoms with Crippen LogP contribution in [-0.4, -0.2) is 21.2 Å². The third kappa shape index (κ3) is 3.35. The number of aryl methyl sites for hydroxylation is 2. The van der Waals surface area contributed by atoms with E-state index in [-0.39, 0.29) is 12.5 Å². The van der Waals surface area contributed by atoms with Crippen molar-refractivity contribution in [2.45, 2.75) is 27.3 Å². The minimum atomic E-state index is -0.178. The highest BCUT2D eigenvalue weighted by molar-refractivity contribution is 6.00. The normalized spacial score (nSPS) is 11.7. The van der Waals surface area contributed by atoms with Gasteiger partial charge in [0.15, 0.2) is 0 Å². The molecule has 1 N–H and O–H groups in total. The number of fused-ring (bicyclic) bond motifs is 1. The van der Waals surface area contributed by atoms with Crippen molar-refractivity contribution in [2.75, 3.05) is 0 Å². The first-order chi connectivity index (χ1) is 11.5. The molecular formula is C19H20N4O. The van der Waals surface area contributed by atoms with Gasteiger partial charge in [0.1, 0.15) is 6.54 Å². The van der Waals surface area contributed by atoms with E-state index in [1.807, 2.05) is 54.8 Å². The van der Waals surface area contributed by atoms with E-state index in [1.165, 1.54) is 5.56 Å². The summed E-state index contributed by atoms with van der Waals surface area (Å²) in [5, 5.41) is 4.23. The van der Waals surface area contributed by atoms with Crippen molar-refractivity contribution < 1.29 is 4.79 Å². The predicted octanol–water partition coefficient (Wildman–Crippen LogP) is 3.19. The zero-order valence-electron chi connectivity index (χ0n) is 14.1. The molecule has 3 aromatic rings. The van der Waals surface area contributed by atoms with Gasteiger partial charge in [-0.1, -0.05) is 35.9 Å². The van der Waals surface area contributed by atoms with E-state index in [4.69, 9.17) is 0 Å². The van der Waals surface area contributed by atoms with E-state index in [2.05, 4.69) is 28.5 Å². The van der Waals surface area contributed by atoms with E-state index in [0.29, 0.717) is 0 Å². The van der Waals surface area contributed by atoms with E-state index in [1.54, 1.807) is 6.33 Å². The molecule has 0 aliphatic heterocycles. The van der Waals surface area contributed by atoms with Gasteiger partial charge in [-0.25, -0.2) is 10.4 Å². The molecule has 0 spiro atoms. The van der Waals surface area contributed by atoms with Gasteiger partial charge in [0.05, 0.1) is 23.1 Å². The van der Waals surface area contributed by atoms with Gasteiger partial charge in [0.25, 0.3) is 5.91 Å². The van der Waals surface area contributed by atoms with Crippen LogP contribution in [0.1, 0.15) is 23.6 Å². The Kier molecular flexibility index (Phi) is 4.42. The highest BCUT2D eigenvalue weighted by atomic mass is 16.2. The fraction of sp³-hybridized carbons (Fsp3) is 0.211. The number of hydrogen-bond acceptors (Lipinski definition) is 3. The lowest BCUT2D eigenvalue weighted by molar-refractivity contribution is -0.121. The number of para-hydroxylation sites is 2. The number of imidazole rings is 1. The molecule has 24 heavy (non-hydrogen) atoms. The fourth-order valence-electron chi connectivity index (χ4n) is 2.75. The van der Waals surface area contributed by atoms with Crippen LogP contribution in [0.3, 0.4) is 0 Å². The number of carbonyl (C=O) groups excluding carboxylic acids is 1. The minimum absolute atomic E-state index is 0.178. The maximum atomic E-state index is 12.2. The quantitative estimate of drug-likeness (QED) is 0.593. The second kappa shape index (κ2) is 6.66. The largest absolute Gasteiger partial charge is 0.321 e. The molecule has 0 fully saturated rings. The van der Waals surface area contributed by atoms with Crippen LogP contribution in [0, 0.1) is 13.8 Å². The summed E-state index contributed by atoms with van der Waals surface area (Å²) in [6, 6.07) is 13.9. The van der Waals surface area contributed by atoms with Crippen LogP contribution in [0.4, 0.5) is 0 Å². The van der Waals surface area contributed by atoms with E-state index in [9.17, 15) is 4.79 Å². The van der Waals surface area contributed by atoms with Crippen molar-refractivity contribution in [3.05, 3.63) is 65.5 Å². The van der Waals surface area contributed by atoms with Crippen LogP contribution in [0.2, 0.25) is 0 Å². The number of nitrogens with one attached hydrogen (secondary N) is 1. The summed E-state index contributed by atoms with van der Waals surface area (Å²) in [5.74, 6) is -0.178. The zero-order chi connectivity index (χ0) is 17.1. The Morgan fingerprint density at radius 3 is 2.79 bits per heavy atom. The van der Waals surface area contributed by atoms with Gasteiger partial charge in [-0.2, -0.15) is 5.10 Å². The number of aromatic nitrogens is 2. The smallest absolute Gasteiger partial charge is 0.260 e. The SMILES string of the molecule is C/C(=N/NC(=O)Cn1cnc2ccccc21)c1ccc(C)cc1C. The number of hydrogen-bond donors (Lipinski definition) is 1. The molecule has 0 aliphatic rings. The molecule has 122 valence electrons. The summed E-state index contributed by atoms with van der Waals surface area (Å²) in [6.07, 6.45) is 1.67. The average molecular weight is 320 g/mol. The number of rotatable bonds is 4. The van der Waals surface area contributed by atoms with Crippen LogP contribution >= 0.6 is 0 Å². The van der Waals surface area contributed by atoms with Gasteiger partial charge in [-0.05, 0) is 38.5 Å². The average Bonchev–Trinajstić information content (AvgIpc) is 2.96. The molecule has 0 saturated heterocycles. The van der Waals surface area contributed by atoms with Crippen molar-refractivity contribution >= 4 is 22.7 Å². The third-order valence-corrected chi connectivity index (χ3v) is 3.96. The number of benzene rings is 2. The lowest BCUT2D eigenvalue weighted by Gasteiger charge is -2.07. The summed E-state index contributed by atoms with van der Waals surface area (Å²) < 4.78 is 1.81. The molecule has 0 saturated carbocycles. The van der Waals surface area contributed by atoms with Crippen LogP contribution < -0.4 is 5.43 Å².